The number of benzene rings is 1. The van der Waals surface area contributed by atoms with Crippen LogP contribution in [0, 0.1) is 47.3 Å². The molecule has 5 aliphatic heterocycles. The van der Waals surface area contributed by atoms with E-state index in [2.05, 4.69) is 42.5 Å². The normalized spacial score (nSPS) is 58.2. The van der Waals surface area contributed by atoms with Gasteiger partial charge in [0.25, 0.3) is 0 Å². The Kier molecular flexibility index (Phi) is 11.7. The summed E-state index contributed by atoms with van der Waals surface area (Å²) < 4.78 is 243. The molecule has 5 saturated heterocycles. The van der Waals surface area contributed by atoms with Gasteiger partial charge >= 0.3 is 0 Å². The van der Waals surface area contributed by atoms with E-state index < -0.39 is 196 Å². The lowest BCUT2D eigenvalue weighted by molar-refractivity contribution is -0.0974. The molecule has 10 rings (SSSR count). The molecule has 0 radical (unpaired) electrons. The van der Waals surface area contributed by atoms with Gasteiger partial charge < -0.3 is 10.1 Å². The number of nitrogens with one attached hydrogen (secondary N) is 8. The lowest BCUT2D eigenvalue weighted by Crippen LogP contribution is -2.63. The molecule has 31 atom stereocenters. The van der Waals surface area contributed by atoms with Crippen molar-refractivity contribution < 1.29 is 70.7 Å². The van der Waals surface area contributed by atoms with Gasteiger partial charge in [-0.15, -0.1) is 9.60 Å². The minimum Gasteiger partial charge on any atom is -0.497 e. The predicted molar refractivity (Wildman–Crippen MR) is 197 cm³/mol. The smallest absolute Gasteiger partial charge is 0.165 e. The second kappa shape index (κ2) is 16.6. The van der Waals surface area contributed by atoms with Crippen LogP contribution in [0.3, 0.4) is 0 Å². The minimum atomic E-state index is -3.17. The highest BCUT2D eigenvalue weighted by atomic mass is 19.2. The molecule has 64 heavy (non-hydrogen) atoms. The molecule has 1 aromatic rings. The molecular weight excluding hydrogens is 895 g/mol. The Hall–Kier alpha value is -2.55. The average Bonchev–Trinajstić information content (AvgIpc) is 4.00. The first-order valence-electron chi connectivity index (χ1n) is 21.6. The number of halogens is 15. The summed E-state index contributed by atoms with van der Waals surface area (Å²) >= 11 is 0. The molecule has 9 fully saturated rings. The largest absolute Gasteiger partial charge is 0.497 e. The third kappa shape index (κ3) is 6.75. The van der Waals surface area contributed by atoms with E-state index in [4.69, 9.17) is 4.74 Å². The predicted octanol–water partition coefficient (Wildman–Crippen LogP) is 3.57. The highest BCUT2D eigenvalue weighted by Crippen LogP contribution is 2.52. The molecule has 4 saturated carbocycles. The van der Waals surface area contributed by atoms with Crippen LogP contribution < -0.4 is 47.3 Å². The summed E-state index contributed by atoms with van der Waals surface area (Å²) in [5.41, 5.74) is 0.168. The Labute approximate surface area is 356 Å². The average molecular weight is 944 g/mol. The van der Waals surface area contributed by atoms with Crippen LogP contribution in [0.2, 0.25) is 0 Å². The van der Waals surface area contributed by atoms with Crippen molar-refractivity contribution in [1.29, 1.82) is 0 Å². The number of fused-ring (bicyclic) bond motifs is 20. The van der Waals surface area contributed by atoms with Crippen molar-refractivity contribution in [3.8, 4) is 5.75 Å². The molecule has 8 N–H and O–H groups in total. The van der Waals surface area contributed by atoms with Crippen LogP contribution >= 0.6 is 0 Å². The van der Waals surface area contributed by atoms with Gasteiger partial charge in [-0.3, -0.25) is 37.2 Å². The molecular formula is C39H48F15N9O. The third-order valence-electron chi connectivity index (χ3n) is 15.9. The number of anilines is 1. The minimum absolute atomic E-state index is 0.168. The van der Waals surface area contributed by atoms with E-state index >= 15 is 65.9 Å². The number of ether oxygens (including phenoxy) is 1. The second-order valence-corrected chi connectivity index (χ2v) is 18.9. The Morgan fingerprint density at radius 3 is 1.39 bits per heavy atom. The standard InChI is InChI=1S/C39H48F15N9O/c1-64-8-4-2-3-7(5-8)55-31-17-14(22(45)29(52)30(31)53)35-57-32-9-6-10(40)18(41)19(42)11(9)33(56-32)61-38-15-16(24(47)28(51)27(50)23(15)46)39(63(38)54)62-36-13-12(34(58-36)59-37(17)60-35)20(43)25(48)26(49)21(13)44/h2-5,9-39,55-62H,6H2,1H3. The number of nitrogens with zero attached hydrogens (tertiary/aromatic N) is 1. The molecule has 0 amide bonds. The molecule has 360 valence electrons. The van der Waals surface area contributed by atoms with Crippen LogP contribution in [0.5, 0.6) is 5.75 Å². The monoisotopic (exact) mass is 943 g/mol. The third-order valence-corrected chi connectivity index (χ3v) is 15.9. The fourth-order valence-electron chi connectivity index (χ4n) is 13.0. The molecule has 0 spiro atoms. The van der Waals surface area contributed by atoms with Gasteiger partial charge in [0.1, 0.15) is 49.0 Å². The fraction of sp³-hybridized carbons (Fsp3) is 0.846. The maximum Gasteiger partial charge on any atom is 0.165 e. The van der Waals surface area contributed by atoms with Gasteiger partial charge in [-0.1, -0.05) is 6.07 Å². The molecule has 1 aromatic carbocycles. The zero-order valence-electron chi connectivity index (χ0n) is 33.4. The Morgan fingerprint density at radius 1 is 0.469 bits per heavy atom. The summed E-state index contributed by atoms with van der Waals surface area (Å²) in [6, 6.07) is 4.28. The first-order valence-corrected chi connectivity index (χ1v) is 21.6. The van der Waals surface area contributed by atoms with Crippen LogP contribution in [-0.2, 0) is 0 Å². The SMILES string of the molecule is COc1cccc(NC2C(F)C(F)C(F)C3C4NC5NC(NC6C7C(F)C(F)C(F)C(F)C7C(NC7NC(NC(N4)C23)C2C(F)C(F)C(F)C(F)C72)N6F)C2C(F)C(F)C(F)CC52)c1. The Bertz CT molecular complexity index is 1860. The zero-order valence-corrected chi connectivity index (χ0v) is 33.4. The van der Waals surface area contributed by atoms with Gasteiger partial charge in [0.05, 0.1) is 62.5 Å². The van der Waals surface area contributed by atoms with Crippen molar-refractivity contribution in [3.63, 3.8) is 0 Å². The van der Waals surface area contributed by atoms with Crippen LogP contribution in [0.4, 0.5) is 71.6 Å². The number of rotatable bonds is 3. The van der Waals surface area contributed by atoms with Gasteiger partial charge in [0.2, 0.25) is 0 Å². The zero-order chi connectivity index (χ0) is 45.5. The Balaban J connectivity index is 1.09. The topological polar surface area (TPSA) is 109 Å². The van der Waals surface area contributed by atoms with Gasteiger partial charge in [-0.25, -0.2) is 61.5 Å². The summed E-state index contributed by atoms with van der Waals surface area (Å²) in [4.78, 5) is 0. The molecule has 4 aliphatic carbocycles. The maximum absolute atomic E-state index is 17.0. The van der Waals surface area contributed by atoms with Crippen LogP contribution in [0.15, 0.2) is 24.3 Å². The van der Waals surface area contributed by atoms with Crippen molar-refractivity contribution in [2.75, 3.05) is 12.4 Å². The summed E-state index contributed by atoms with van der Waals surface area (Å²) in [6.45, 7) is 0. The van der Waals surface area contributed by atoms with Gasteiger partial charge in [0, 0.05) is 53.2 Å². The number of hydrogen-bond acceptors (Lipinski definition) is 10. The summed E-state index contributed by atoms with van der Waals surface area (Å²) in [5.74, 6) is -14.1. The summed E-state index contributed by atoms with van der Waals surface area (Å²) in [6.07, 6.45) is -55.0. The first kappa shape index (κ1) is 45.2. The van der Waals surface area contributed by atoms with Crippen molar-refractivity contribution in [3.05, 3.63) is 24.3 Å². The molecule has 0 aromatic heterocycles. The van der Waals surface area contributed by atoms with Gasteiger partial charge in [-0.05, 0) is 24.5 Å². The Morgan fingerprint density at radius 2 is 0.875 bits per heavy atom. The van der Waals surface area contributed by atoms with E-state index in [1.807, 2.05) is 0 Å². The number of hydrogen-bond donors (Lipinski definition) is 8. The first-order chi connectivity index (χ1) is 30.4. The number of alkyl halides is 14. The highest BCUT2D eigenvalue weighted by Gasteiger charge is 2.69. The lowest BCUT2D eigenvalue weighted by Gasteiger charge is -2.45. The van der Waals surface area contributed by atoms with Crippen molar-refractivity contribution in [2.45, 2.75) is 148 Å². The molecule has 5 heterocycles. The molecule has 9 aliphatic rings. The van der Waals surface area contributed by atoms with E-state index in [1.165, 1.54) is 25.3 Å². The summed E-state index contributed by atoms with van der Waals surface area (Å²) in [7, 11) is 1.34. The quantitative estimate of drug-likeness (QED) is 0.170. The van der Waals surface area contributed by atoms with Crippen molar-refractivity contribution in [2.24, 2.45) is 47.3 Å². The van der Waals surface area contributed by atoms with E-state index in [0.717, 1.165) is 0 Å². The van der Waals surface area contributed by atoms with Gasteiger partial charge in [-0.2, -0.15) is 0 Å². The lowest BCUT2D eigenvalue weighted by atomic mass is 9.71. The van der Waals surface area contributed by atoms with Crippen LogP contribution in [-0.4, -0.2) is 154 Å². The van der Waals surface area contributed by atoms with Crippen LogP contribution in [0.1, 0.15) is 6.42 Å². The molecule has 25 heteroatoms. The summed E-state index contributed by atoms with van der Waals surface area (Å²) in [5, 5.41) is 21.9. The highest BCUT2D eigenvalue weighted by molar-refractivity contribution is 5.50. The molecule has 8 bridgehead atoms. The van der Waals surface area contributed by atoms with E-state index in [1.54, 1.807) is 6.07 Å². The number of methoxy groups -OCH3 is 1. The maximum atomic E-state index is 17.0. The van der Waals surface area contributed by atoms with Gasteiger partial charge in [0.15, 0.2) is 43.2 Å². The molecule has 31 unspecified atom stereocenters. The van der Waals surface area contributed by atoms with Crippen LogP contribution in [0.25, 0.3) is 0 Å². The van der Waals surface area contributed by atoms with E-state index in [-0.39, 0.29) is 16.6 Å². The second-order valence-electron chi connectivity index (χ2n) is 18.9. The molecule has 10 nitrogen and oxygen atoms in total. The van der Waals surface area contributed by atoms with Crippen molar-refractivity contribution >= 4 is 5.69 Å². The van der Waals surface area contributed by atoms with E-state index in [0.29, 0.717) is 0 Å². The fourth-order valence-corrected chi connectivity index (χ4v) is 13.0. The van der Waals surface area contributed by atoms with E-state index in [9.17, 15) is 0 Å². The van der Waals surface area contributed by atoms with Crippen molar-refractivity contribution in [1.82, 2.24) is 42.3 Å².